The van der Waals surface area contributed by atoms with Gasteiger partial charge < -0.3 is 9.64 Å². The summed E-state index contributed by atoms with van der Waals surface area (Å²) in [6.45, 7) is 0. The minimum atomic E-state index is -1.51. The first-order chi connectivity index (χ1) is 16.9. The van der Waals surface area contributed by atoms with Crippen molar-refractivity contribution in [1.29, 1.82) is 0 Å². The average molecular weight is 470 g/mol. The molecule has 2 saturated heterocycles. The first kappa shape index (κ1) is 22.8. The van der Waals surface area contributed by atoms with Crippen molar-refractivity contribution in [2.24, 2.45) is 11.8 Å². The van der Waals surface area contributed by atoms with Crippen LogP contribution in [-0.4, -0.2) is 39.0 Å². The number of hydrogen-bond donors (Lipinski definition) is 1. The van der Waals surface area contributed by atoms with Crippen molar-refractivity contribution in [2.75, 3.05) is 31.0 Å². The lowest BCUT2D eigenvalue weighted by Gasteiger charge is -2.33. The molecule has 0 saturated carbocycles. The molecule has 2 amide bonds. The highest BCUT2D eigenvalue weighted by Crippen LogP contribution is 2.54. The van der Waals surface area contributed by atoms with E-state index < -0.39 is 35.3 Å². The Morgan fingerprint density at radius 3 is 2.06 bits per heavy atom. The number of hydrogen-bond acceptors (Lipinski definition) is 6. The number of ether oxygens (including phenoxy) is 1. The normalized spacial score (nSPS) is 25.5. The molecule has 0 unspecified atom stereocenters. The number of nitrogens with zero attached hydrogens (tertiary/aromatic N) is 2. The molecule has 0 spiro atoms. The van der Waals surface area contributed by atoms with Crippen molar-refractivity contribution < 1.29 is 19.1 Å². The van der Waals surface area contributed by atoms with E-state index >= 15 is 0 Å². The summed E-state index contributed by atoms with van der Waals surface area (Å²) in [7, 11) is 5.21. The van der Waals surface area contributed by atoms with Gasteiger partial charge >= 0.3 is 5.97 Å². The third-order valence-electron chi connectivity index (χ3n) is 7.08. The number of esters is 1. The predicted molar refractivity (Wildman–Crippen MR) is 133 cm³/mol. The van der Waals surface area contributed by atoms with Crippen LogP contribution in [0.3, 0.4) is 0 Å². The van der Waals surface area contributed by atoms with Crippen molar-refractivity contribution >= 4 is 29.2 Å². The number of rotatable bonds is 5. The Hall–Kier alpha value is -3.97. The van der Waals surface area contributed by atoms with Gasteiger partial charge in [0.05, 0.1) is 24.6 Å². The third kappa shape index (κ3) is 3.42. The number of methoxy groups -OCH3 is 1. The molecule has 0 aliphatic carbocycles. The molecule has 1 N–H and O–H groups in total. The zero-order valence-electron chi connectivity index (χ0n) is 19.8. The minimum Gasteiger partial charge on any atom is -0.467 e. The molecular weight excluding hydrogens is 442 g/mol. The van der Waals surface area contributed by atoms with Crippen molar-refractivity contribution in [3.8, 4) is 0 Å². The van der Waals surface area contributed by atoms with E-state index in [9.17, 15) is 14.4 Å². The molecule has 178 valence electrons. The first-order valence-corrected chi connectivity index (χ1v) is 11.5. The average Bonchev–Trinajstić information content (AvgIpc) is 3.39. The number of fused-ring (bicyclic) bond motifs is 1. The molecule has 3 aromatic carbocycles. The fraction of sp³-hybridized carbons (Fsp3) is 0.250. The topological polar surface area (TPSA) is 79.0 Å². The van der Waals surface area contributed by atoms with Crippen LogP contribution in [0.1, 0.15) is 17.2 Å². The number of amides is 2. The van der Waals surface area contributed by atoms with E-state index in [1.54, 1.807) is 36.4 Å². The maximum Gasteiger partial charge on any atom is 0.331 e. The van der Waals surface area contributed by atoms with Gasteiger partial charge in [-0.15, -0.1) is 0 Å². The number of imide groups is 1. The monoisotopic (exact) mass is 469 g/mol. The second-order valence-electron chi connectivity index (χ2n) is 9.12. The summed E-state index contributed by atoms with van der Waals surface area (Å²) in [5.74, 6) is -3.10. The molecule has 5 rings (SSSR count). The van der Waals surface area contributed by atoms with E-state index in [1.807, 2.05) is 67.5 Å². The molecule has 0 bridgehead atoms. The van der Waals surface area contributed by atoms with E-state index in [1.165, 1.54) is 12.0 Å². The van der Waals surface area contributed by atoms with E-state index in [2.05, 4.69) is 5.32 Å². The van der Waals surface area contributed by atoms with Gasteiger partial charge in [0, 0.05) is 25.8 Å². The minimum absolute atomic E-state index is 0.331. The largest absolute Gasteiger partial charge is 0.467 e. The highest BCUT2D eigenvalue weighted by atomic mass is 16.5. The van der Waals surface area contributed by atoms with E-state index in [-0.39, 0.29) is 5.91 Å². The van der Waals surface area contributed by atoms with Crippen LogP contribution < -0.4 is 15.1 Å². The van der Waals surface area contributed by atoms with Gasteiger partial charge in [0.25, 0.3) is 0 Å². The summed E-state index contributed by atoms with van der Waals surface area (Å²) in [4.78, 5) is 44.6. The molecular formula is C28H27N3O4. The van der Waals surface area contributed by atoms with Gasteiger partial charge in [-0.2, -0.15) is 0 Å². The highest BCUT2D eigenvalue weighted by Gasteiger charge is 2.69. The molecule has 2 fully saturated rings. The lowest BCUT2D eigenvalue weighted by Crippen LogP contribution is -2.53. The number of anilines is 2. The van der Waals surface area contributed by atoms with E-state index in [0.717, 1.165) is 11.3 Å². The van der Waals surface area contributed by atoms with Crippen molar-refractivity contribution in [2.45, 2.75) is 11.6 Å². The zero-order valence-corrected chi connectivity index (χ0v) is 19.8. The molecule has 7 heteroatoms. The Morgan fingerprint density at radius 2 is 1.49 bits per heavy atom. The molecule has 0 aromatic heterocycles. The van der Waals surface area contributed by atoms with Crippen molar-refractivity contribution in [3.05, 3.63) is 96.1 Å². The van der Waals surface area contributed by atoms with Gasteiger partial charge in [-0.05, 0) is 35.4 Å². The summed E-state index contributed by atoms with van der Waals surface area (Å²) in [6, 6.07) is 25.1. The Kier molecular flexibility index (Phi) is 5.65. The predicted octanol–water partition coefficient (Wildman–Crippen LogP) is 3.27. The lowest BCUT2D eigenvalue weighted by atomic mass is 9.75. The SMILES string of the molecule is COC(=O)[C@]1(c2ccccc2)N[C@H](c2ccc(N(C)C)cc2)[C@H]2C(=O)N(c3ccccc3)C(=O)[C@H]21. The molecule has 4 atom stereocenters. The molecule has 2 heterocycles. The lowest BCUT2D eigenvalue weighted by molar-refractivity contribution is -0.152. The van der Waals surface area contributed by atoms with E-state index in [4.69, 9.17) is 4.74 Å². The van der Waals surface area contributed by atoms with Crippen molar-refractivity contribution in [3.63, 3.8) is 0 Å². The van der Waals surface area contributed by atoms with Gasteiger partial charge in [-0.1, -0.05) is 60.7 Å². The Balaban J connectivity index is 1.70. The zero-order chi connectivity index (χ0) is 24.7. The maximum atomic E-state index is 14.0. The molecule has 3 aromatic rings. The molecule has 35 heavy (non-hydrogen) atoms. The first-order valence-electron chi connectivity index (χ1n) is 11.5. The fourth-order valence-electron chi connectivity index (χ4n) is 5.44. The molecule has 7 nitrogen and oxygen atoms in total. The standard InChI is InChI=1S/C28H27N3O4/c1-30(2)20-16-14-18(15-17-20)24-22-23(26(33)31(25(22)32)21-12-8-5-9-13-21)28(29-24,27(34)35-3)19-10-6-4-7-11-19/h4-17,22-24,29H,1-3H3/t22-,23-,24+,28+/m0/s1. The van der Waals surface area contributed by atoms with Crippen LogP contribution in [0, 0.1) is 11.8 Å². The van der Waals surface area contributed by atoms with Crippen LogP contribution in [0.4, 0.5) is 11.4 Å². The second kappa shape index (κ2) is 8.67. The van der Waals surface area contributed by atoms with Crippen molar-refractivity contribution in [1.82, 2.24) is 5.32 Å². The van der Waals surface area contributed by atoms with E-state index in [0.29, 0.717) is 11.3 Å². The molecule has 2 aliphatic heterocycles. The summed E-state index contributed by atoms with van der Waals surface area (Å²) in [6.07, 6.45) is 0. The van der Waals surface area contributed by atoms with Gasteiger partial charge in [0.1, 0.15) is 0 Å². The van der Waals surface area contributed by atoms with Gasteiger partial charge in [0.15, 0.2) is 5.54 Å². The number of benzene rings is 3. The number of carbonyl (C=O) groups is 3. The van der Waals surface area contributed by atoms with Crippen LogP contribution in [0.2, 0.25) is 0 Å². The van der Waals surface area contributed by atoms with Crippen LogP contribution in [-0.2, 0) is 24.7 Å². The summed E-state index contributed by atoms with van der Waals surface area (Å²) in [5.41, 5.74) is 1.39. The van der Waals surface area contributed by atoms with Gasteiger partial charge in [-0.25, -0.2) is 9.69 Å². The third-order valence-corrected chi connectivity index (χ3v) is 7.08. The van der Waals surface area contributed by atoms with Crippen LogP contribution in [0.15, 0.2) is 84.9 Å². The quantitative estimate of drug-likeness (QED) is 0.457. The Labute approximate surface area is 204 Å². The fourth-order valence-corrected chi connectivity index (χ4v) is 5.44. The Morgan fingerprint density at radius 1 is 0.886 bits per heavy atom. The second-order valence-corrected chi connectivity index (χ2v) is 9.12. The summed E-state index contributed by atoms with van der Waals surface area (Å²) in [5, 5.41) is 3.41. The Bertz CT molecular complexity index is 1260. The highest BCUT2D eigenvalue weighted by molar-refractivity contribution is 6.24. The van der Waals surface area contributed by atoms with Gasteiger partial charge in [-0.3, -0.25) is 14.9 Å². The summed E-state index contributed by atoms with van der Waals surface area (Å²) >= 11 is 0. The van der Waals surface area contributed by atoms with Crippen LogP contribution in [0.5, 0.6) is 0 Å². The van der Waals surface area contributed by atoms with Crippen LogP contribution in [0.25, 0.3) is 0 Å². The maximum absolute atomic E-state index is 14.0. The number of carbonyl (C=O) groups excluding carboxylic acids is 3. The van der Waals surface area contributed by atoms with Crippen LogP contribution >= 0.6 is 0 Å². The molecule has 0 radical (unpaired) electrons. The van der Waals surface area contributed by atoms with Gasteiger partial charge in [0.2, 0.25) is 11.8 Å². The number of nitrogens with one attached hydrogen (secondary N) is 1. The number of para-hydroxylation sites is 1. The molecule has 2 aliphatic rings. The summed E-state index contributed by atoms with van der Waals surface area (Å²) < 4.78 is 5.27. The smallest absolute Gasteiger partial charge is 0.331 e.